The van der Waals surface area contributed by atoms with Crippen molar-refractivity contribution >= 4 is 31.7 Å². The number of esters is 1. The first-order chi connectivity index (χ1) is 16.4. The number of ether oxygens (including phenoxy) is 1. The van der Waals surface area contributed by atoms with E-state index in [2.05, 4.69) is 9.64 Å². The second-order valence-corrected chi connectivity index (χ2v) is 12.5. The fraction of sp³-hybridized carbons (Fsp3) is 0.435. The third-order valence-corrected chi connectivity index (χ3v) is 8.94. The molecule has 0 aliphatic carbocycles. The summed E-state index contributed by atoms with van der Waals surface area (Å²) in [6.07, 6.45) is 1.20. The molecule has 0 amide bonds. The molecule has 1 saturated heterocycles. The van der Waals surface area contributed by atoms with Crippen molar-refractivity contribution in [2.45, 2.75) is 20.0 Å². The molecule has 0 N–H and O–H groups in total. The second kappa shape index (κ2) is 11.0. The van der Waals surface area contributed by atoms with Crippen LogP contribution in [0.2, 0.25) is 0 Å². The Labute approximate surface area is 206 Å². The number of rotatable bonds is 9. The molecule has 1 fully saturated rings. The van der Waals surface area contributed by atoms with Gasteiger partial charge in [0, 0.05) is 38.3 Å². The summed E-state index contributed by atoms with van der Waals surface area (Å²) in [6, 6.07) is 10.8. The highest BCUT2D eigenvalue weighted by molar-refractivity contribution is 7.92. The standard InChI is InChI=1S/C23H30FN3O6S2/c1-4-35(31,32)27(17-20-9-8-19(15-22(20)24)23(28)33-2)21-7-5-6-18(14-21)16-25-10-12-26(13-11-25)34(3,29)30/h5-9,14-15H,4,10-13,16-17H2,1-3H3. The monoisotopic (exact) mass is 527 g/mol. The van der Waals surface area contributed by atoms with Crippen LogP contribution in [0.25, 0.3) is 0 Å². The van der Waals surface area contributed by atoms with Crippen LogP contribution >= 0.6 is 0 Å². The lowest BCUT2D eigenvalue weighted by molar-refractivity contribution is 0.0600. The van der Waals surface area contributed by atoms with E-state index >= 15 is 0 Å². The summed E-state index contributed by atoms with van der Waals surface area (Å²) >= 11 is 0. The minimum atomic E-state index is -3.74. The Balaban J connectivity index is 1.82. The molecule has 2 aromatic carbocycles. The number of hydrogen-bond acceptors (Lipinski definition) is 7. The molecule has 0 bridgehead atoms. The van der Waals surface area contributed by atoms with Gasteiger partial charge in [0.15, 0.2) is 0 Å². The molecule has 1 aliphatic rings. The molecule has 12 heteroatoms. The van der Waals surface area contributed by atoms with Gasteiger partial charge in [0.25, 0.3) is 0 Å². The van der Waals surface area contributed by atoms with E-state index in [9.17, 15) is 26.0 Å². The van der Waals surface area contributed by atoms with Gasteiger partial charge in [-0.1, -0.05) is 18.2 Å². The fourth-order valence-electron chi connectivity index (χ4n) is 3.87. The second-order valence-electron chi connectivity index (χ2n) is 8.31. The first-order valence-corrected chi connectivity index (χ1v) is 14.5. The molecule has 1 heterocycles. The Hall–Kier alpha value is -2.54. The smallest absolute Gasteiger partial charge is 0.337 e. The molecule has 0 saturated carbocycles. The van der Waals surface area contributed by atoms with Crippen LogP contribution in [0.3, 0.4) is 0 Å². The lowest BCUT2D eigenvalue weighted by atomic mass is 10.1. The maximum atomic E-state index is 14.7. The van der Waals surface area contributed by atoms with Crippen molar-refractivity contribution in [1.82, 2.24) is 9.21 Å². The molecular weight excluding hydrogens is 497 g/mol. The van der Waals surface area contributed by atoms with Crippen LogP contribution in [0, 0.1) is 5.82 Å². The summed E-state index contributed by atoms with van der Waals surface area (Å²) in [4.78, 5) is 13.8. The molecule has 1 aliphatic heterocycles. The number of anilines is 1. The number of hydrogen-bond donors (Lipinski definition) is 0. The molecule has 9 nitrogen and oxygen atoms in total. The van der Waals surface area contributed by atoms with Gasteiger partial charge in [-0.15, -0.1) is 0 Å². The van der Waals surface area contributed by atoms with E-state index in [1.807, 2.05) is 6.07 Å². The minimum Gasteiger partial charge on any atom is -0.465 e. The van der Waals surface area contributed by atoms with E-state index in [1.165, 1.54) is 36.7 Å². The third kappa shape index (κ3) is 6.78. The van der Waals surface area contributed by atoms with Gasteiger partial charge in [-0.3, -0.25) is 9.21 Å². The largest absolute Gasteiger partial charge is 0.465 e. The highest BCUT2D eigenvalue weighted by Crippen LogP contribution is 2.25. The average Bonchev–Trinajstić information content (AvgIpc) is 2.82. The maximum absolute atomic E-state index is 14.7. The molecule has 0 atom stereocenters. The molecule has 3 rings (SSSR count). The van der Waals surface area contributed by atoms with Gasteiger partial charge in [-0.05, 0) is 36.8 Å². The van der Waals surface area contributed by atoms with Gasteiger partial charge >= 0.3 is 5.97 Å². The molecule has 192 valence electrons. The van der Waals surface area contributed by atoms with E-state index < -0.39 is 31.8 Å². The predicted molar refractivity (Wildman–Crippen MR) is 132 cm³/mol. The van der Waals surface area contributed by atoms with Crippen LogP contribution in [-0.2, 0) is 37.9 Å². The van der Waals surface area contributed by atoms with Gasteiger partial charge in [0.05, 0.1) is 36.9 Å². The normalized spacial score (nSPS) is 15.7. The number of carbonyl (C=O) groups excluding carboxylic acids is 1. The summed E-state index contributed by atoms with van der Waals surface area (Å²) in [5.74, 6) is -1.56. The predicted octanol–water partition coefficient (Wildman–Crippen LogP) is 2.05. The van der Waals surface area contributed by atoms with Gasteiger partial charge < -0.3 is 4.74 Å². The van der Waals surface area contributed by atoms with Gasteiger partial charge in [0.1, 0.15) is 5.82 Å². The van der Waals surface area contributed by atoms with Crippen molar-refractivity contribution in [3.8, 4) is 0 Å². The zero-order valence-electron chi connectivity index (χ0n) is 20.0. The summed E-state index contributed by atoms with van der Waals surface area (Å²) in [5.41, 5.74) is 1.41. The van der Waals surface area contributed by atoms with E-state index in [1.54, 1.807) is 18.2 Å². The van der Waals surface area contributed by atoms with Gasteiger partial charge in [-0.25, -0.2) is 26.0 Å². The Bertz CT molecular complexity index is 1280. The number of nitrogens with zero attached hydrogens (tertiary/aromatic N) is 3. The number of sulfonamides is 2. The number of benzene rings is 2. The van der Waals surface area contributed by atoms with Crippen LogP contribution in [0.1, 0.15) is 28.4 Å². The van der Waals surface area contributed by atoms with E-state index in [0.717, 1.165) is 15.9 Å². The molecule has 0 radical (unpaired) electrons. The molecular formula is C23H30FN3O6S2. The van der Waals surface area contributed by atoms with Crippen molar-refractivity contribution in [3.05, 3.63) is 65.0 Å². The van der Waals surface area contributed by atoms with Crippen molar-refractivity contribution in [2.24, 2.45) is 0 Å². The van der Waals surface area contributed by atoms with Crippen molar-refractivity contribution in [1.29, 1.82) is 0 Å². The number of piperazine rings is 1. The summed E-state index contributed by atoms with van der Waals surface area (Å²) in [5, 5.41) is 0. The fourth-order valence-corrected chi connectivity index (χ4v) is 5.78. The lowest BCUT2D eigenvalue weighted by Crippen LogP contribution is -2.47. The molecule has 0 spiro atoms. The van der Waals surface area contributed by atoms with Crippen LogP contribution in [0.4, 0.5) is 10.1 Å². The Morgan fingerprint density at radius 2 is 1.74 bits per heavy atom. The van der Waals surface area contributed by atoms with Crippen molar-refractivity contribution in [2.75, 3.05) is 49.6 Å². The Morgan fingerprint density at radius 1 is 1.06 bits per heavy atom. The first kappa shape index (κ1) is 27.1. The topological polar surface area (TPSA) is 104 Å². The summed E-state index contributed by atoms with van der Waals surface area (Å²) in [6.45, 7) is 3.72. The lowest BCUT2D eigenvalue weighted by Gasteiger charge is -2.33. The average molecular weight is 528 g/mol. The summed E-state index contributed by atoms with van der Waals surface area (Å²) < 4.78 is 71.3. The Morgan fingerprint density at radius 3 is 2.31 bits per heavy atom. The van der Waals surface area contributed by atoms with Crippen molar-refractivity contribution < 1.29 is 30.8 Å². The number of carbonyl (C=O) groups is 1. The Kier molecular flexibility index (Phi) is 8.52. The van der Waals surface area contributed by atoms with Crippen LogP contribution < -0.4 is 4.31 Å². The van der Waals surface area contributed by atoms with E-state index in [4.69, 9.17) is 0 Å². The SMILES string of the molecule is CCS(=O)(=O)N(Cc1ccc(C(=O)OC)cc1F)c1cccc(CN2CCN(S(C)(=O)=O)CC2)c1. The van der Waals surface area contributed by atoms with Gasteiger partial charge in [-0.2, -0.15) is 4.31 Å². The zero-order valence-corrected chi connectivity index (χ0v) is 21.6. The van der Waals surface area contributed by atoms with Crippen LogP contribution in [-0.4, -0.2) is 77.3 Å². The number of methoxy groups -OCH3 is 1. The third-order valence-electron chi connectivity index (χ3n) is 5.89. The molecule has 2 aromatic rings. The maximum Gasteiger partial charge on any atom is 0.337 e. The first-order valence-electron chi connectivity index (χ1n) is 11.1. The molecule has 0 aromatic heterocycles. The molecule has 0 unspecified atom stereocenters. The van der Waals surface area contributed by atoms with Crippen molar-refractivity contribution in [3.63, 3.8) is 0 Å². The number of halogens is 1. The highest BCUT2D eigenvalue weighted by atomic mass is 32.2. The highest BCUT2D eigenvalue weighted by Gasteiger charge is 2.25. The van der Waals surface area contributed by atoms with Crippen LogP contribution in [0.5, 0.6) is 0 Å². The summed E-state index contributed by atoms with van der Waals surface area (Å²) in [7, 11) is -5.77. The zero-order chi connectivity index (χ0) is 25.8. The van der Waals surface area contributed by atoms with Crippen LogP contribution in [0.15, 0.2) is 42.5 Å². The van der Waals surface area contributed by atoms with E-state index in [-0.39, 0.29) is 23.4 Å². The minimum absolute atomic E-state index is 0.0385. The van der Waals surface area contributed by atoms with E-state index in [0.29, 0.717) is 38.4 Å². The molecule has 35 heavy (non-hydrogen) atoms. The van der Waals surface area contributed by atoms with Gasteiger partial charge in [0.2, 0.25) is 20.0 Å². The quantitative estimate of drug-likeness (QED) is 0.460.